The SMILES string of the molecule is COc1ccc(-c2ccc(CCC(=O)O)n2CC(=O)Nc2cc(OC)ccc2OC)cc1. The summed E-state index contributed by atoms with van der Waals surface area (Å²) in [6, 6.07) is 16.3. The van der Waals surface area contributed by atoms with Gasteiger partial charge in [-0.05, 0) is 60.5 Å². The minimum Gasteiger partial charge on any atom is -0.497 e. The summed E-state index contributed by atoms with van der Waals surface area (Å²) in [5.74, 6) is 0.644. The maximum atomic E-state index is 13.0. The number of aryl methyl sites for hydroxylation is 1. The van der Waals surface area contributed by atoms with Gasteiger partial charge in [0.25, 0.3) is 0 Å². The van der Waals surface area contributed by atoms with E-state index in [0.29, 0.717) is 23.6 Å². The molecule has 0 spiro atoms. The first-order valence-electron chi connectivity index (χ1n) is 10.0. The van der Waals surface area contributed by atoms with Crippen LogP contribution in [0.15, 0.2) is 54.6 Å². The van der Waals surface area contributed by atoms with Gasteiger partial charge in [-0.2, -0.15) is 0 Å². The minimum absolute atomic E-state index is 0.00365. The fraction of sp³-hybridized carbons (Fsp3) is 0.250. The number of nitrogens with one attached hydrogen (secondary N) is 1. The molecule has 0 aliphatic rings. The second-order valence-electron chi connectivity index (χ2n) is 7.03. The van der Waals surface area contributed by atoms with Crippen molar-refractivity contribution in [3.63, 3.8) is 0 Å². The van der Waals surface area contributed by atoms with Gasteiger partial charge in [-0.3, -0.25) is 9.59 Å². The van der Waals surface area contributed by atoms with Crippen LogP contribution in [-0.2, 0) is 22.6 Å². The van der Waals surface area contributed by atoms with Crippen LogP contribution in [0.25, 0.3) is 11.3 Å². The molecule has 3 aromatic rings. The van der Waals surface area contributed by atoms with Crippen LogP contribution in [0.5, 0.6) is 17.2 Å². The number of benzene rings is 2. The predicted molar refractivity (Wildman–Crippen MR) is 121 cm³/mol. The molecule has 0 aliphatic carbocycles. The van der Waals surface area contributed by atoms with Crippen LogP contribution in [0, 0.1) is 0 Å². The number of amides is 1. The quantitative estimate of drug-likeness (QED) is 0.499. The van der Waals surface area contributed by atoms with Crippen molar-refractivity contribution in [1.82, 2.24) is 4.57 Å². The van der Waals surface area contributed by atoms with Crippen molar-refractivity contribution in [1.29, 1.82) is 0 Å². The fourth-order valence-electron chi connectivity index (χ4n) is 3.41. The average Bonchev–Trinajstić information content (AvgIpc) is 3.19. The zero-order valence-electron chi connectivity index (χ0n) is 18.3. The molecule has 3 rings (SSSR count). The second-order valence-corrected chi connectivity index (χ2v) is 7.03. The number of hydrogen-bond donors (Lipinski definition) is 2. The van der Waals surface area contributed by atoms with Gasteiger partial charge < -0.3 is 29.2 Å². The van der Waals surface area contributed by atoms with Crippen LogP contribution in [-0.4, -0.2) is 42.9 Å². The molecule has 32 heavy (non-hydrogen) atoms. The van der Waals surface area contributed by atoms with E-state index in [1.807, 2.05) is 41.0 Å². The molecule has 0 radical (unpaired) electrons. The molecule has 2 N–H and O–H groups in total. The molecule has 1 amide bonds. The highest BCUT2D eigenvalue weighted by Crippen LogP contribution is 2.30. The van der Waals surface area contributed by atoms with Gasteiger partial charge in [0.15, 0.2) is 0 Å². The van der Waals surface area contributed by atoms with Gasteiger partial charge in [0, 0.05) is 17.5 Å². The van der Waals surface area contributed by atoms with Gasteiger partial charge in [-0.15, -0.1) is 0 Å². The fourth-order valence-corrected chi connectivity index (χ4v) is 3.41. The van der Waals surface area contributed by atoms with E-state index in [0.717, 1.165) is 22.7 Å². The maximum absolute atomic E-state index is 13.0. The van der Waals surface area contributed by atoms with E-state index >= 15 is 0 Å². The van der Waals surface area contributed by atoms with Crippen LogP contribution < -0.4 is 19.5 Å². The Labute approximate surface area is 186 Å². The number of carbonyl (C=O) groups excluding carboxylic acids is 1. The number of carboxylic acids is 1. The standard InChI is InChI=1S/C24H26N2O6/c1-30-18-8-4-16(5-9-18)21-11-6-17(7-13-24(28)29)26(21)15-23(27)25-20-14-19(31-2)10-12-22(20)32-3/h4-6,8-12,14H,7,13,15H2,1-3H3,(H,25,27)(H,28,29). The highest BCUT2D eigenvalue weighted by Gasteiger charge is 2.16. The van der Waals surface area contributed by atoms with Crippen molar-refractivity contribution in [2.24, 2.45) is 0 Å². The lowest BCUT2D eigenvalue weighted by Crippen LogP contribution is -2.21. The maximum Gasteiger partial charge on any atom is 0.303 e. The van der Waals surface area contributed by atoms with Gasteiger partial charge >= 0.3 is 5.97 Å². The van der Waals surface area contributed by atoms with E-state index in [-0.39, 0.29) is 18.9 Å². The van der Waals surface area contributed by atoms with Crippen LogP contribution in [0.1, 0.15) is 12.1 Å². The van der Waals surface area contributed by atoms with E-state index in [4.69, 9.17) is 19.3 Å². The molecule has 2 aromatic carbocycles. The van der Waals surface area contributed by atoms with Gasteiger partial charge in [-0.25, -0.2) is 0 Å². The lowest BCUT2D eigenvalue weighted by Gasteiger charge is -2.16. The normalized spacial score (nSPS) is 10.5. The Hall–Kier alpha value is -3.94. The van der Waals surface area contributed by atoms with Crippen LogP contribution in [0.2, 0.25) is 0 Å². The summed E-state index contributed by atoms with van der Waals surface area (Å²) in [5, 5.41) is 12.0. The van der Waals surface area contributed by atoms with E-state index in [9.17, 15) is 9.59 Å². The Bertz CT molecular complexity index is 1090. The number of aromatic nitrogens is 1. The van der Waals surface area contributed by atoms with Gasteiger partial charge in [0.05, 0.1) is 33.4 Å². The van der Waals surface area contributed by atoms with Crippen LogP contribution >= 0.6 is 0 Å². The summed E-state index contributed by atoms with van der Waals surface area (Å²) in [6.45, 7) is 0.00365. The molecule has 0 unspecified atom stereocenters. The summed E-state index contributed by atoms with van der Waals surface area (Å²) in [5.41, 5.74) is 2.94. The molecule has 0 bridgehead atoms. The third-order valence-corrected chi connectivity index (χ3v) is 5.03. The Morgan fingerprint density at radius 3 is 2.22 bits per heavy atom. The van der Waals surface area contributed by atoms with E-state index in [1.165, 1.54) is 7.11 Å². The average molecular weight is 438 g/mol. The third-order valence-electron chi connectivity index (χ3n) is 5.03. The molecular formula is C24H26N2O6. The Morgan fingerprint density at radius 1 is 0.906 bits per heavy atom. The zero-order chi connectivity index (χ0) is 23.1. The summed E-state index contributed by atoms with van der Waals surface area (Å²) in [6.07, 6.45) is 0.276. The number of methoxy groups -OCH3 is 3. The molecule has 0 saturated heterocycles. The van der Waals surface area contributed by atoms with Gasteiger partial charge in [0.1, 0.15) is 23.8 Å². The first-order valence-corrected chi connectivity index (χ1v) is 10.0. The molecule has 1 heterocycles. The molecule has 8 heteroatoms. The molecule has 168 valence electrons. The Balaban J connectivity index is 1.89. The van der Waals surface area contributed by atoms with Crippen LogP contribution in [0.3, 0.4) is 0 Å². The van der Waals surface area contributed by atoms with Crippen LogP contribution in [0.4, 0.5) is 5.69 Å². The van der Waals surface area contributed by atoms with Crippen molar-refractivity contribution in [2.45, 2.75) is 19.4 Å². The molecule has 8 nitrogen and oxygen atoms in total. The first-order chi connectivity index (χ1) is 15.4. The number of ether oxygens (including phenoxy) is 3. The molecule has 0 saturated carbocycles. The minimum atomic E-state index is -0.894. The molecule has 0 atom stereocenters. The number of carbonyl (C=O) groups is 2. The van der Waals surface area contributed by atoms with Crippen molar-refractivity contribution in [2.75, 3.05) is 26.6 Å². The summed E-state index contributed by atoms with van der Waals surface area (Å²) in [4.78, 5) is 24.1. The molecule has 1 aromatic heterocycles. The highest BCUT2D eigenvalue weighted by molar-refractivity contribution is 5.93. The van der Waals surface area contributed by atoms with Crippen molar-refractivity contribution in [3.05, 3.63) is 60.3 Å². The van der Waals surface area contributed by atoms with Gasteiger partial charge in [-0.1, -0.05) is 0 Å². The highest BCUT2D eigenvalue weighted by atomic mass is 16.5. The summed E-state index contributed by atoms with van der Waals surface area (Å²) >= 11 is 0. The third kappa shape index (κ3) is 5.40. The first kappa shape index (κ1) is 22.7. The van der Waals surface area contributed by atoms with Gasteiger partial charge in [0.2, 0.25) is 5.91 Å². The van der Waals surface area contributed by atoms with Crippen molar-refractivity contribution in [3.8, 4) is 28.5 Å². The number of aliphatic carboxylic acids is 1. The lowest BCUT2D eigenvalue weighted by molar-refractivity contribution is -0.137. The largest absolute Gasteiger partial charge is 0.497 e. The number of rotatable bonds is 10. The monoisotopic (exact) mass is 438 g/mol. The molecule has 0 aliphatic heterocycles. The van der Waals surface area contributed by atoms with Crippen molar-refractivity contribution >= 4 is 17.6 Å². The summed E-state index contributed by atoms with van der Waals surface area (Å²) in [7, 11) is 4.66. The Morgan fingerprint density at radius 2 is 1.59 bits per heavy atom. The van der Waals surface area contributed by atoms with E-state index < -0.39 is 5.97 Å². The number of hydrogen-bond acceptors (Lipinski definition) is 5. The lowest BCUT2D eigenvalue weighted by atomic mass is 10.1. The number of anilines is 1. The zero-order valence-corrected chi connectivity index (χ0v) is 18.3. The number of carboxylic acid groups (broad SMARTS) is 1. The smallest absolute Gasteiger partial charge is 0.303 e. The summed E-state index contributed by atoms with van der Waals surface area (Å²) < 4.78 is 17.6. The predicted octanol–water partition coefficient (Wildman–Crippen LogP) is 3.84. The Kier molecular flexibility index (Phi) is 7.38. The van der Waals surface area contributed by atoms with E-state index in [1.54, 1.807) is 32.4 Å². The number of nitrogens with zero attached hydrogens (tertiary/aromatic N) is 1. The molecule has 0 fully saturated rings. The van der Waals surface area contributed by atoms with Crippen molar-refractivity contribution < 1.29 is 28.9 Å². The topological polar surface area (TPSA) is 99.0 Å². The second kappa shape index (κ2) is 10.4. The molecular weight excluding hydrogens is 412 g/mol. The van der Waals surface area contributed by atoms with E-state index in [2.05, 4.69) is 5.32 Å².